The van der Waals surface area contributed by atoms with Gasteiger partial charge in [0.1, 0.15) is 5.75 Å². The Labute approximate surface area is 125 Å². The van der Waals surface area contributed by atoms with Crippen LogP contribution in [0.3, 0.4) is 0 Å². The summed E-state index contributed by atoms with van der Waals surface area (Å²) >= 11 is 0. The van der Waals surface area contributed by atoms with E-state index in [2.05, 4.69) is 0 Å². The average Bonchev–Trinajstić information content (AvgIpc) is 2.24. The van der Waals surface area contributed by atoms with Crippen molar-refractivity contribution in [2.24, 2.45) is 10.9 Å². The summed E-state index contributed by atoms with van der Waals surface area (Å²) in [5, 5.41) is 5.23. The second-order valence-corrected chi connectivity index (χ2v) is 7.50. The summed E-state index contributed by atoms with van der Waals surface area (Å²) in [6.45, 7) is 7.60. The molecular weight excluding hydrogens is 292 g/mol. The molecule has 0 aliphatic heterocycles. The van der Waals surface area contributed by atoms with Crippen molar-refractivity contribution in [1.82, 2.24) is 0 Å². The van der Waals surface area contributed by atoms with Gasteiger partial charge in [-0.1, -0.05) is 20.8 Å². The molecule has 1 aromatic carbocycles. The molecule has 0 aromatic heterocycles. The van der Waals surface area contributed by atoms with Crippen molar-refractivity contribution in [3.05, 3.63) is 23.3 Å². The maximum absolute atomic E-state index is 11.6. The van der Waals surface area contributed by atoms with Crippen molar-refractivity contribution >= 4 is 15.9 Å². The van der Waals surface area contributed by atoms with Gasteiger partial charge in [-0.2, -0.15) is 0 Å². The highest BCUT2D eigenvalue weighted by molar-refractivity contribution is 7.89. The number of hydrogen-bond donors (Lipinski definition) is 2. The maximum atomic E-state index is 11.6. The zero-order chi connectivity index (χ0) is 16.4. The van der Waals surface area contributed by atoms with Crippen LogP contribution < -0.4 is 15.6 Å². The molecule has 0 spiro atoms. The van der Waals surface area contributed by atoms with E-state index in [-0.39, 0.29) is 23.3 Å². The second kappa shape index (κ2) is 6.03. The molecule has 0 saturated heterocycles. The van der Waals surface area contributed by atoms with Crippen LogP contribution in [0.15, 0.2) is 17.0 Å². The Morgan fingerprint density at radius 1 is 1.29 bits per heavy atom. The summed E-state index contributed by atoms with van der Waals surface area (Å²) in [7, 11) is -3.80. The quantitative estimate of drug-likeness (QED) is 0.850. The number of amides is 1. The number of primary sulfonamides is 1. The van der Waals surface area contributed by atoms with Crippen LogP contribution in [0.1, 0.15) is 38.3 Å². The van der Waals surface area contributed by atoms with Crippen molar-refractivity contribution < 1.29 is 17.9 Å². The summed E-state index contributed by atoms with van der Waals surface area (Å²) in [5.74, 6) is 0.0823. The number of nitrogens with two attached hydrogens (primary N) is 2. The highest BCUT2D eigenvalue weighted by Crippen LogP contribution is 2.35. The van der Waals surface area contributed by atoms with Crippen LogP contribution in [0.4, 0.5) is 0 Å². The first-order valence-corrected chi connectivity index (χ1v) is 8.06. The molecule has 118 valence electrons. The molecule has 6 nitrogen and oxygen atoms in total. The topological polar surface area (TPSA) is 112 Å². The molecule has 0 unspecified atom stereocenters. The predicted octanol–water partition coefficient (Wildman–Crippen LogP) is 1.19. The van der Waals surface area contributed by atoms with E-state index in [4.69, 9.17) is 15.6 Å². The lowest BCUT2D eigenvalue weighted by atomic mass is 9.86. The third-order valence-electron chi connectivity index (χ3n) is 3.00. The molecule has 0 saturated carbocycles. The van der Waals surface area contributed by atoms with Crippen LogP contribution in [0.5, 0.6) is 5.75 Å². The Morgan fingerprint density at radius 3 is 2.29 bits per heavy atom. The molecule has 7 heteroatoms. The molecule has 1 rings (SSSR count). The minimum absolute atomic E-state index is 0.0784. The number of sulfonamides is 1. The third kappa shape index (κ3) is 4.71. The molecule has 0 bridgehead atoms. The Balaban J connectivity index is 3.30. The van der Waals surface area contributed by atoms with E-state index in [1.54, 1.807) is 13.0 Å². The normalized spacial score (nSPS) is 12.2. The van der Waals surface area contributed by atoms with Crippen LogP contribution >= 0.6 is 0 Å². The number of rotatable bonds is 5. The standard InChI is InChI=1S/C14H22N2O4S/c1-9-7-11(20-6-5-13(15)17)10(14(2,3)4)8-12(9)21(16,18)19/h7-8H,5-6H2,1-4H3,(H2,15,17)(H2,16,18,19). The monoisotopic (exact) mass is 314 g/mol. The first-order valence-electron chi connectivity index (χ1n) is 6.52. The summed E-state index contributed by atoms with van der Waals surface area (Å²) in [6, 6.07) is 3.16. The van der Waals surface area contributed by atoms with Crippen molar-refractivity contribution in [3.8, 4) is 5.75 Å². The van der Waals surface area contributed by atoms with Crippen LogP contribution in [0.25, 0.3) is 0 Å². The average molecular weight is 314 g/mol. The van der Waals surface area contributed by atoms with Gasteiger partial charge in [0.05, 0.1) is 17.9 Å². The van der Waals surface area contributed by atoms with Crippen LogP contribution in [0.2, 0.25) is 0 Å². The lowest BCUT2D eigenvalue weighted by Gasteiger charge is -2.24. The van der Waals surface area contributed by atoms with Gasteiger partial charge >= 0.3 is 0 Å². The number of benzene rings is 1. The second-order valence-electron chi connectivity index (χ2n) is 5.97. The minimum Gasteiger partial charge on any atom is -0.493 e. The Morgan fingerprint density at radius 2 is 1.86 bits per heavy atom. The molecule has 0 heterocycles. The number of aryl methyl sites for hydroxylation is 1. The molecule has 1 amide bonds. The molecular formula is C14H22N2O4S. The lowest BCUT2D eigenvalue weighted by Crippen LogP contribution is -2.20. The molecule has 1 aromatic rings. The van der Waals surface area contributed by atoms with E-state index in [0.717, 1.165) is 0 Å². The molecule has 21 heavy (non-hydrogen) atoms. The van der Waals surface area contributed by atoms with Gasteiger partial charge in [-0.3, -0.25) is 4.79 Å². The highest BCUT2D eigenvalue weighted by Gasteiger charge is 2.24. The molecule has 0 radical (unpaired) electrons. The SMILES string of the molecule is Cc1cc(OCCC(N)=O)c(C(C)(C)C)cc1S(N)(=O)=O. The fourth-order valence-corrected chi connectivity index (χ4v) is 2.73. The first kappa shape index (κ1) is 17.5. The third-order valence-corrected chi connectivity index (χ3v) is 4.05. The fourth-order valence-electron chi connectivity index (χ4n) is 1.94. The Hall–Kier alpha value is -1.60. The van der Waals surface area contributed by atoms with E-state index in [9.17, 15) is 13.2 Å². The summed E-state index contributed by atoms with van der Waals surface area (Å²) in [6.07, 6.45) is 0.0968. The molecule has 0 aliphatic carbocycles. The molecule has 0 fully saturated rings. The van der Waals surface area contributed by atoms with Crippen molar-refractivity contribution in [1.29, 1.82) is 0 Å². The van der Waals surface area contributed by atoms with Crippen molar-refractivity contribution in [3.63, 3.8) is 0 Å². The minimum atomic E-state index is -3.80. The smallest absolute Gasteiger partial charge is 0.238 e. The van der Waals surface area contributed by atoms with Crippen LogP contribution in [-0.4, -0.2) is 20.9 Å². The van der Waals surface area contributed by atoms with E-state index >= 15 is 0 Å². The zero-order valence-corrected chi connectivity index (χ0v) is 13.6. The predicted molar refractivity (Wildman–Crippen MR) is 80.6 cm³/mol. The zero-order valence-electron chi connectivity index (χ0n) is 12.8. The number of carbonyl (C=O) groups excluding carboxylic acids is 1. The van der Waals surface area contributed by atoms with Gasteiger partial charge in [0.2, 0.25) is 15.9 Å². The van der Waals surface area contributed by atoms with E-state index in [0.29, 0.717) is 16.9 Å². The van der Waals surface area contributed by atoms with Crippen LogP contribution in [0, 0.1) is 6.92 Å². The van der Waals surface area contributed by atoms with E-state index in [1.165, 1.54) is 6.07 Å². The van der Waals surface area contributed by atoms with E-state index in [1.807, 2.05) is 20.8 Å². The highest BCUT2D eigenvalue weighted by atomic mass is 32.2. The summed E-state index contributed by atoms with van der Waals surface area (Å²) < 4.78 is 28.8. The molecule has 4 N–H and O–H groups in total. The summed E-state index contributed by atoms with van der Waals surface area (Å²) in [4.78, 5) is 10.8. The lowest BCUT2D eigenvalue weighted by molar-refractivity contribution is -0.118. The fraction of sp³-hybridized carbons (Fsp3) is 0.500. The van der Waals surface area contributed by atoms with Gasteiger partial charge < -0.3 is 10.5 Å². The van der Waals surface area contributed by atoms with Gasteiger partial charge in [0.25, 0.3) is 0 Å². The largest absolute Gasteiger partial charge is 0.493 e. The Kier molecular flexibility index (Phi) is 5.01. The number of hydrogen-bond acceptors (Lipinski definition) is 4. The van der Waals surface area contributed by atoms with E-state index < -0.39 is 15.9 Å². The van der Waals surface area contributed by atoms with Crippen LogP contribution in [-0.2, 0) is 20.2 Å². The number of carbonyl (C=O) groups is 1. The van der Waals surface area contributed by atoms with Gasteiger partial charge in [0.15, 0.2) is 0 Å². The van der Waals surface area contributed by atoms with Crippen molar-refractivity contribution in [2.75, 3.05) is 6.61 Å². The Bertz CT molecular complexity index is 646. The first-order chi connectivity index (χ1) is 9.43. The van der Waals surface area contributed by atoms with Crippen molar-refractivity contribution in [2.45, 2.75) is 44.4 Å². The number of ether oxygens (including phenoxy) is 1. The molecule has 0 aliphatic rings. The maximum Gasteiger partial charge on any atom is 0.238 e. The van der Waals surface area contributed by atoms with Gasteiger partial charge in [-0.15, -0.1) is 0 Å². The van der Waals surface area contributed by atoms with Gasteiger partial charge in [0, 0.05) is 5.56 Å². The van der Waals surface area contributed by atoms with Gasteiger partial charge in [-0.05, 0) is 30.0 Å². The summed E-state index contributed by atoms with van der Waals surface area (Å²) in [5.41, 5.74) is 5.95. The van der Waals surface area contributed by atoms with Gasteiger partial charge in [-0.25, -0.2) is 13.6 Å². The number of primary amides is 1. The molecule has 0 atom stereocenters.